The second kappa shape index (κ2) is 5.43. The maximum atomic E-state index is 12.2. The lowest BCUT2D eigenvalue weighted by Gasteiger charge is -2.10. The van der Waals surface area contributed by atoms with Crippen molar-refractivity contribution in [1.82, 2.24) is 0 Å². The van der Waals surface area contributed by atoms with Crippen molar-refractivity contribution in [2.45, 2.75) is 4.21 Å². The third kappa shape index (κ3) is 2.94. The van der Waals surface area contributed by atoms with E-state index in [2.05, 4.69) is 20.7 Å². The number of carboxylic acid groups (broad SMARTS) is 1. The zero-order valence-corrected chi connectivity index (χ0v) is 12.9. The van der Waals surface area contributed by atoms with Crippen molar-refractivity contribution in [3.05, 3.63) is 39.7 Å². The molecule has 0 radical (unpaired) electrons. The van der Waals surface area contributed by atoms with Crippen molar-refractivity contribution in [3.8, 4) is 5.75 Å². The molecule has 0 aliphatic heterocycles. The molecule has 6 nitrogen and oxygen atoms in total. The first-order chi connectivity index (χ1) is 9.31. The highest BCUT2D eigenvalue weighted by Gasteiger charge is 2.22. The topological polar surface area (TPSA) is 104 Å². The van der Waals surface area contributed by atoms with Gasteiger partial charge in [0.05, 0.1) is 11.3 Å². The van der Waals surface area contributed by atoms with E-state index >= 15 is 0 Å². The van der Waals surface area contributed by atoms with E-state index in [9.17, 15) is 18.3 Å². The Kier molecular flexibility index (Phi) is 4.02. The van der Waals surface area contributed by atoms with Gasteiger partial charge in [0.25, 0.3) is 10.0 Å². The second-order valence-corrected chi connectivity index (χ2v) is 7.34. The first-order valence-electron chi connectivity index (χ1n) is 5.13. The summed E-state index contributed by atoms with van der Waals surface area (Å²) in [4.78, 5) is 11.1. The van der Waals surface area contributed by atoms with Crippen molar-refractivity contribution >= 4 is 48.9 Å². The van der Waals surface area contributed by atoms with Crippen molar-refractivity contribution in [2.24, 2.45) is 0 Å². The van der Waals surface area contributed by atoms with E-state index in [0.29, 0.717) is 4.47 Å². The Balaban J connectivity index is 2.45. The Morgan fingerprint density at radius 2 is 2.00 bits per heavy atom. The van der Waals surface area contributed by atoms with Gasteiger partial charge in [-0.15, -0.1) is 11.3 Å². The number of nitrogens with one attached hydrogen (secondary N) is 1. The van der Waals surface area contributed by atoms with Crippen LogP contribution >= 0.6 is 27.3 Å². The molecule has 0 unspecified atom stereocenters. The van der Waals surface area contributed by atoms with Gasteiger partial charge in [0.1, 0.15) is 5.75 Å². The number of anilines is 1. The smallest absolute Gasteiger partial charge is 0.337 e. The van der Waals surface area contributed by atoms with Crippen LogP contribution in [0.2, 0.25) is 0 Å². The number of phenolic OH excluding ortho intramolecular Hbond substituents is 1. The van der Waals surface area contributed by atoms with E-state index in [4.69, 9.17) is 5.11 Å². The highest BCUT2D eigenvalue weighted by molar-refractivity contribution is 9.10. The Labute approximate surface area is 126 Å². The largest absolute Gasteiger partial charge is 0.508 e. The summed E-state index contributed by atoms with van der Waals surface area (Å²) in [6, 6.07) is 4.95. The van der Waals surface area contributed by atoms with Gasteiger partial charge in [-0.2, -0.15) is 0 Å². The zero-order chi connectivity index (χ0) is 14.9. The average Bonchev–Trinajstić information content (AvgIpc) is 2.78. The number of aromatic carboxylic acids is 1. The van der Waals surface area contributed by atoms with Crippen LogP contribution in [0.1, 0.15) is 10.4 Å². The molecule has 0 bridgehead atoms. The normalized spacial score (nSPS) is 11.2. The highest BCUT2D eigenvalue weighted by Crippen LogP contribution is 2.30. The van der Waals surface area contributed by atoms with E-state index in [0.717, 1.165) is 17.4 Å². The number of sulfonamides is 1. The number of carbonyl (C=O) groups is 1. The summed E-state index contributed by atoms with van der Waals surface area (Å²) in [5.41, 5.74) is -0.447. The number of halogens is 1. The fraction of sp³-hybridized carbons (Fsp3) is 0. The lowest BCUT2D eigenvalue weighted by atomic mass is 10.2. The van der Waals surface area contributed by atoms with E-state index in [-0.39, 0.29) is 21.2 Å². The number of carboxylic acids is 1. The van der Waals surface area contributed by atoms with Gasteiger partial charge in [-0.1, -0.05) is 0 Å². The summed E-state index contributed by atoms with van der Waals surface area (Å²) in [5.74, 6) is -1.61. The quantitative estimate of drug-likeness (QED) is 0.710. The summed E-state index contributed by atoms with van der Waals surface area (Å²) in [6.07, 6.45) is 0. The van der Waals surface area contributed by atoms with E-state index < -0.39 is 16.0 Å². The number of hydrogen-bond donors (Lipinski definition) is 3. The molecule has 1 heterocycles. The van der Waals surface area contributed by atoms with Crippen LogP contribution in [0, 0.1) is 0 Å². The molecule has 2 rings (SSSR count). The molecule has 2 aromatic rings. The summed E-state index contributed by atoms with van der Waals surface area (Å²) in [7, 11) is -3.89. The van der Waals surface area contributed by atoms with Crippen LogP contribution in [-0.4, -0.2) is 24.6 Å². The number of hydrogen-bond acceptors (Lipinski definition) is 5. The van der Waals surface area contributed by atoms with Crippen molar-refractivity contribution < 1.29 is 23.4 Å². The fourth-order valence-corrected chi connectivity index (χ4v) is 4.88. The molecule has 0 saturated heterocycles. The lowest BCUT2D eigenvalue weighted by Crippen LogP contribution is -2.14. The Morgan fingerprint density at radius 3 is 2.55 bits per heavy atom. The van der Waals surface area contributed by atoms with E-state index in [1.54, 1.807) is 11.4 Å². The maximum Gasteiger partial charge on any atom is 0.337 e. The number of rotatable bonds is 4. The fourth-order valence-electron chi connectivity index (χ4n) is 1.46. The first kappa shape index (κ1) is 14.8. The molecular weight excluding hydrogens is 370 g/mol. The van der Waals surface area contributed by atoms with Crippen LogP contribution in [0.15, 0.2) is 38.3 Å². The maximum absolute atomic E-state index is 12.2. The third-order valence-electron chi connectivity index (χ3n) is 2.31. The summed E-state index contributed by atoms with van der Waals surface area (Å²) >= 11 is 4.11. The van der Waals surface area contributed by atoms with Crippen molar-refractivity contribution in [2.75, 3.05) is 4.72 Å². The Bertz CT molecular complexity index is 769. The monoisotopic (exact) mass is 377 g/mol. The van der Waals surface area contributed by atoms with Gasteiger partial charge < -0.3 is 10.2 Å². The van der Waals surface area contributed by atoms with Gasteiger partial charge >= 0.3 is 5.97 Å². The summed E-state index contributed by atoms with van der Waals surface area (Å²) < 4.78 is 27.0. The van der Waals surface area contributed by atoms with Crippen LogP contribution < -0.4 is 4.72 Å². The number of aromatic hydroxyl groups is 1. The molecule has 0 saturated carbocycles. The van der Waals surface area contributed by atoms with Crippen LogP contribution in [0.5, 0.6) is 5.75 Å². The van der Waals surface area contributed by atoms with Crippen molar-refractivity contribution in [3.63, 3.8) is 0 Å². The molecule has 0 spiro atoms. The Morgan fingerprint density at radius 1 is 1.30 bits per heavy atom. The van der Waals surface area contributed by atoms with Crippen LogP contribution in [0.4, 0.5) is 5.69 Å². The molecule has 0 atom stereocenters. The number of phenols is 1. The van der Waals surface area contributed by atoms with Gasteiger partial charge in [-0.05, 0) is 45.6 Å². The van der Waals surface area contributed by atoms with Gasteiger partial charge in [0.15, 0.2) is 4.21 Å². The molecule has 1 aromatic carbocycles. The lowest BCUT2D eigenvalue weighted by molar-refractivity contribution is 0.0697. The summed E-state index contributed by atoms with van der Waals surface area (Å²) in [6.45, 7) is 0. The average molecular weight is 378 g/mol. The zero-order valence-electron chi connectivity index (χ0n) is 9.70. The molecule has 1 aromatic heterocycles. The third-order valence-corrected chi connectivity index (χ3v) is 6.34. The molecule has 106 valence electrons. The molecule has 0 aliphatic carbocycles. The molecule has 0 amide bonds. The predicted octanol–water partition coefficient (Wildman–Crippen LogP) is 2.72. The SMILES string of the molecule is O=C(O)c1cc(O)ccc1NS(=O)(=O)c1sccc1Br. The van der Waals surface area contributed by atoms with Gasteiger partial charge in [0.2, 0.25) is 0 Å². The van der Waals surface area contributed by atoms with Gasteiger partial charge in [-0.3, -0.25) is 4.72 Å². The predicted molar refractivity (Wildman–Crippen MR) is 77.9 cm³/mol. The first-order valence-corrected chi connectivity index (χ1v) is 8.29. The van der Waals surface area contributed by atoms with E-state index in [1.807, 2.05) is 0 Å². The number of thiophene rings is 1. The molecule has 3 N–H and O–H groups in total. The minimum Gasteiger partial charge on any atom is -0.508 e. The summed E-state index contributed by atoms with van der Waals surface area (Å²) in [5, 5.41) is 19.9. The van der Waals surface area contributed by atoms with Gasteiger partial charge in [0, 0.05) is 4.47 Å². The molecule has 0 fully saturated rings. The van der Waals surface area contributed by atoms with Crippen molar-refractivity contribution in [1.29, 1.82) is 0 Å². The highest BCUT2D eigenvalue weighted by atomic mass is 79.9. The molecular formula is C11H8BrNO5S2. The standard InChI is InChI=1S/C11H8BrNO5S2/c12-8-3-4-19-11(8)20(17,18)13-9-2-1-6(14)5-7(9)10(15)16/h1-5,13-14H,(H,15,16). The van der Waals surface area contributed by atoms with Crippen LogP contribution in [-0.2, 0) is 10.0 Å². The van der Waals surface area contributed by atoms with Gasteiger partial charge in [-0.25, -0.2) is 13.2 Å². The molecule has 9 heteroatoms. The number of benzene rings is 1. The minimum absolute atomic E-state index is 0.0434. The molecule has 0 aliphatic rings. The van der Waals surface area contributed by atoms with E-state index in [1.165, 1.54) is 12.1 Å². The Hall–Kier alpha value is -1.58. The second-order valence-electron chi connectivity index (χ2n) is 3.70. The minimum atomic E-state index is -3.89. The van der Waals surface area contributed by atoms with Crippen LogP contribution in [0.3, 0.4) is 0 Å². The molecule has 20 heavy (non-hydrogen) atoms. The van der Waals surface area contributed by atoms with Crippen LogP contribution in [0.25, 0.3) is 0 Å².